The van der Waals surface area contributed by atoms with Gasteiger partial charge in [-0.15, -0.1) is 0 Å². The van der Waals surface area contributed by atoms with E-state index in [9.17, 15) is 14.4 Å². The largest absolute Gasteiger partial charge is 0.462 e. The first-order valence-electron chi connectivity index (χ1n) is 27.1. The van der Waals surface area contributed by atoms with Crippen LogP contribution in [0.25, 0.3) is 0 Å². The number of rotatable bonds is 49. The number of hydrogen-bond acceptors (Lipinski definition) is 6. The third-order valence-corrected chi connectivity index (χ3v) is 11.8. The smallest absolute Gasteiger partial charge is 0.306 e. The molecule has 6 nitrogen and oxygen atoms in total. The van der Waals surface area contributed by atoms with E-state index in [0.29, 0.717) is 19.3 Å². The Hall–Kier alpha value is -2.63. The quantitative estimate of drug-likeness (QED) is 0.0262. The Morgan fingerprint density at radius 3 is 0.968 bits per heavy atom. The van der Waals surface area contributed by atoms with Crippen molar-refractivity contribution in [2.45, 2.75) is 284 Å². The van der Waals surface area contributed by atoms with E-state index in [1.165, 1.54) is 161 Å². The summed E-state index contributed by atoms with van der Waals surface area (Å²) in [5.41, 5.74) is 0. The summed E-state index contributed by atoms with van der Waals surface area (Å²) in [6.07, 6.45) is 62.4. The first-order valence-corrected chi connectivity index (χ1v) is 27.1. The standard InChI is InChI=1S/C57H102O6/c1-4-7-10-13-16-19-22-25-27-28-30-32-35-38-41-44-47-50-56(59)62-53-54(52-61-55(58)49-46-43-40-37-34-31-24-21-18-15-12-9-6-3)63-57(60)51-48-45-42-39-36-33-29-26-23-20-17-14-11-8-5-2/h25-27,29-30,32,38,41,54H,4-24,28,31,33-37,39-40,42-53H2,1-3H3/b27-25-,29-26-,32-30-,41-38-/t54-/m0/s1. The minimum absolute atomic E-state index is 0.0894. The fourth-order valence-electron chi connectivity index (χ4n) is 7.69. The molecule has 0 aromatic carbocycles. The van der Waals surface area contributed by atoms with Gasteiger partial charge in [-0.1, -0.05) is 230 Å². The van der Waals surface area contributed by atoms with Crippen LogP contribution in [0, 0.1) is 0 Å². The van der Waals surface area contributed by atoms with Crippen molar-refractivity contribution in [3.05, 3.63) is 48.6 Å². The molecule has 0 amide bonds. The topological polar surface area (TPSA) is 78.9 Å². The van der Waals surface area contributed by atoms with Gasteiger partial charge in [-0.05, 0) is 77.0 Å². The van der Waals surface area contributed by atoms with Gasteiger partial charge >= 0.3 is 17.9 Å². The van der Waals surface area contributed by atoms with E-state index >= 15 is 0 Å². The van der Waals surface area contributed by atoms with Gasteiger partial charge in [0.25, 0.3) is 0 Å². The molecule has 6 heteroatoms. The number of allylic oxidation sites excluding steroid dienone is 8. The van der Waals surface area contributed by atoms with E-state index in [-0.39, 0.29) is 37.5 Å². The van der Waals surface area contributed by atoms with Crippen LogP contribution in [0.2, 0.25) is 0 Å². The SMILES string of the molecule is CCCCCCCC/C=C\C/C=C\C/C=C\CCCC(=O)OC[C@H](COC(=O)CCCCCCCCCCCCCCC)OC(=O)CCCCCCC/C=C\CCCCCCCC. The molecule has 366 valence electrons. The normalized spacial score (nSPS) is 12.4. The molecule has 0 aliphatic carbocycles. The summed E-state index contributed by atoms with van der Waals surface area (Å²) >= 11 is 0. The average molecular weight is 883 g/mol. The van der Waals surface area contributed by atoms with Crippen LogP contribution in [-0.4, -0.2) is 37.2 Å². The van der Waals surface area contributed by atoms with Gasteiger partial charge in [0.05, 0.1) is 0 Å². The lowest BCUT2D eigenvalue weighted by atomic mass is 10.0. The molecule has 0 heterocycles. The highest BCUT2D eigenvalue weighted by molar-refractivity contribution is 5.71. The lowest BCUT2D eigenvalue weighted by Crippen LogP contribution is -2.30. The molecule has 0 saturated heterocycles. The van der Waals surface area contributed by atoms with E-state index < -0.39 is 6.10 Å². The van der Waals surface area contributed by atoms with Gasteiger partial charge in [0.2, 0.25) is 0 Å². The summed E-state index contributed by atoms with van der Waals surface area (Å²) in [6.45, 7) is 6.59. The van der Waals surface area contributed by atoms with Crippen molar-refractivity contribution in [3.8, 4) is 0 Å². The number of hydrogen-bond donors (Lipinski definition) is 0. The Morgan fingerprint density at radius 1 is 0.317 bits per heavy atom. The Bertz CT molecular complexity index is 1110. The lowest BCUT2D eigenvalue weighted by Gasteiger charge is -2.18. The van der Waals surface area contributed by atoms with Gasteiger partial charge < -0.3 is 14.2 Å². The molecule has 63 heavy (non-hydrogen) atoms. The Morgan fingerprint density at radius 2 is 0.587 bits per heavy atom. The van der Waals surface area contributed by atoms with Crippen LogP contribution in [0.5, 0.6) is 0 Å². The van der Waals surface area contributed by atoms with Crippen LogP contribution in [0.3, 0.4) is 0 Å². The highest BCUT2D eigenvalue weighted by Crippen LogP contribution is 2.15. The van der Waals surface area contributed by atoms with E-state index in [4.69, 9.17) is 14.2 Å². The van der Waals surface area contributed by atoms with Crippen molar-refractivity contribution in [2.75, 3.05) is 13.2 Å². The molecular weight excluding hydrogens is 781 g/mol. The molecule has 0 bridgehead atoms. The fourth-order valence-corrected chi connectivity index (χ4v) is 7.69. The van der Waals surface area contributed by atoms with Crippen molar-refractivity contribution in [1.29, 1.82) is 0 Å². The molecule has 1 atom stereocenters. The van der Waals surface area contributed by atoms with Crippen molar-refractivity contribution in [2.24, 2.45) is 0 Å². The second-order valence-electron chi connectivity index (χ2n) is 18.1. The van der Waals surface area contributed by atoms with Gasteiger partial charge in [-0.3, -0.25) is 14.4 Å². The predicted octanol–water partition coefficient (Wildman–Crippen LogP) is 17.9. The molecule has 0 rings (SSSR count). The number of carbonyl (C=O) groups excluding carboxylic acids is 3. The zero-order valence-electron chi connectivity index (χ0n) is 41.8. The maximum atomic E-state index is 12.8. The van der Waals surface area contributed by atoms with Gasteiger partial charge in [0.15, 0.2) is 6.10 Å². The summed E-state index contributed by atoms with van der Waals surface area (Å²) in [6, 6.07) is 0. The zero-order valence-corrected chi connectivity index (χ0v) is 41.8. The number of ether oxygens (including phenoxy) is 3. The van der Waals surface area contributed by atoms with Crippen molar-refractivity contribution >= 4 is 17.9 Å². The first-order chi connectivity index (χ1) is 31.0. The van der Waals surface area contributed by atoms with Crippen LogP contribution in [-0.2, 0) is 28.6 Å². The second-order valence-corrected chi connectivity index (χ2v) is 18.1. The van der Waals surface area contributed by atoms with E-state index in [2.05, 4.69) is 69.4 Å². The zero-order chi connectivity index (χ0) is 45.8. The van der Waals surface area contributed by atoms with Crippen molar-refractivity contribution in [3.63, 3.8) is 0 Å². The van der Waals surface area contributed by atoms with Crippen LogP contribution in [0.1, 0.15) is 278 Å². The fraction of sp³-hybridized carbons (Fsp3) is 0.807. The minimum Gasteiger partial charge on any atom is -0.462 e. The van der Waals surface area contributed by atoms with Crippen LogP contribution < -0.4 is 0 Å². The lowest BCUT2D eigenvalue weighted by molar-refractivity contribution is -0.167. The summed E-state index contributed by atoms with van der Waals surface area (Å²) < 4.78 is 16.8. The maximum Gasteiger partial charge on any atom is 0.306 e. The first kappa shape index (κ1) is 60.4. The minimum atomic E-state index is -0.794. The van der Waals surface area contributed by atoms with Crippen molar-refractivity contribution in [1.82, 2.24) is 0 Å². The van der Waals surface area contributed by atoms with E-state index in [0.717, 1.165) is 70.6 Å². The Kier molecular flexibility index (Phi) is 49.8. The summed E-state index contributed by atoms with van der Waals surface area (Å²) in [5.74, 6) is -0.943. The van der Waals surface area contributed by atoms with Crippen molar-refractivity contribution < 1.29 is 28.6 Å². The predicted molar refractivity (Wildman–Crippen MR) is 270 cm³/mol. The van der Waals surface area contributed by atoms with E-state index in [1.54, 1.807) is 0 Å². The van der Waals surface area contributed by atoms with Gasteiger partial charge in [0.1, 0.15) is 13.2 Å². The molecule has 0 aliphatic heterocycles. The molecule has 0 aromatic rings. The summed E-state index contributed by atoms with van der Waals surface area (Å²) in [5, 5.41) is 0. The maximum absolute atomic E-state index is 12.8. The highest BCUT2D eigenvalue weighted by atomic mass is 16.6. The molecule has 0 aliphatic rings. The molecule has 0 saturated carbocycles. The third-order valence-electron chi connectivity index (χ3n) is 11.8. The molecule has 0 unspecified atom stereocenters. The second kappa shape index (κ2) is 52.0. The van der Waals surface area contributed by atoms with Gasteiger partial charge in [0, 0.05) is 19.3 Å². The monoisotopic (exact) mass is 883 g/mol. The average Bonchev–Trinajstić information content (AvgIpc) is 3.28. The number of esters is 3. The number of unbranched alkanes of at least 4 members (excludes halogenated alkanes) is 30. The summed E-state index contributed by atoms with van der Waals surface area (Å²) in [4.78, 5) is 38.0. The van der Waals surface area contributed by atoms with Crippen LogP contribution >= 0.6 is 0 Å². The third kappa shape index (κ3) is 50.2. The molecule has 0 spiro atoms. The molecule has 0 fully saturated rings. The molecule has 0 N–H and O–H groups in total. The number of carbonyl (C=O) groups is 3. The van der Waals surface area contributed by atoms with Gasteiger partial charge in [-0.2, -0.15) is 0 Å². The van der Waals surface area contributed by atoms with E-state index in [1.807, 2.05) is 0 Å². The Labute approximate surface area is 390 Å². The molecule has 0 aromatic heterocycles. The summed E-state index contributed by atoms with van der Waals surface area (Å²) in [7, 11) is 0. The molecular formula is C57H102O6. The van der Waals surface area contributed by atoms with Gasteiger partial charge in [-0.25, -0.2) is 0 Å². The highest BCUT2D eigenvalue weighted by Gasteiger charge is 2.19. The van der Waals surface area contributed by atoms with Crippen LogP contribution in [0.15, 0.2) is 48.6 Å². The van der Waals surface area contributed by atoms with Crippen LogP contribution in [0.4, 0.5) is 0 Å². The molecule has 0 radical (unpaired) electrons. The Balaban J connectivity index is 4.44.